The SMILES string of the molecule is CCNc1cc(C(=O)NC2CCSC2)c(Cl)cn1. The first kappa shape index (κ1) is 13.5. The summed E-state index contributed by atoms with van der Waals surface area (Å²) in [5.41, 5.74) is 0.486. The third kappa shape index (κ3) is 3.29. The molecule has 1 unspecified atom stereocenters. The Hall–Kier alpha value is -0.940. The molecule has 1 atom stereocenters. The molecule has 2 heterocycles. The smallest absolute Gasteiger partial charge is 0.253 e. The standard InChI is InChI=1S/C12H16ClN3OS/c1-2-14-11-5-9(10(13)6-15-11)12(17)16-8-3-4-18-7-8/h5-6,8H,2-4,7H2,1H3,(H,14,15)(H,16,17). The van der Waals surface area contributed by atoms with Gasteiger partial charge < -0.3 is 10.6 Å². The minimum Gasteiger partial charge on any atom is -0.370 e. The summed E-state index contributed by atoms with van der Waals surface area (Å²) >= 11 is 7.88. The second-order valence-corrected chi connectivity index (χ2v) is 5.67. The summed E-state index contributed by atoms with van der Waals surface area (Å²) in [6, 6.07) is 1.96. The molecule has 18 heavy (non-hydrogen) atoms. The molecule has 1 amide bonds. The van der Waals surface area contributed by atoms with Gasteiger partial charge in [0.05, 0.1) is 10.6 Å². The van der Waals surface area contributed by atoms with Gasteiger partial charge in [0.1, 0.15) is 5.82 Å². The number of nitrogens with one attached hydrogen (secondary N) is 2. The van der Waals surface area contributed by atoms with Gasteiger partial charge in [0.2, 0.25) is 0 Å². The first-order valence-corrected chi connectivity index (χ1v) is 7.52. The molecule has 4 nitrogen and oxygen atoms in total. The summed E-state index contributed by atoms with van der Waals surface area (Å²) in [5.74, 6) is 2.65. The largest absolute Gasteiger partial charge is 0.370 e. The van der Waals surface area contributed by atoms with Crippen LogP contribution in [0, 0.1) is 0 Å². The minimum atomic E-state index is -0.117. The van der Waals surface area contributed by atoms with Crippen LogP contribution in [0.4, 0.5) is 5.82 Å². The van der Waals surface area contributed by atoms with Crippen molar-refractivity contribution in [3.63, 3.8) is 0 Å². The number of aromatic nitrogens is 1. The third-order valence-electron chi connectivity index (χ3n) is 2.72. The van der Waals surface area contributed by atoms with E-state index < -0.39 is 0 Å². The lowest BCUT2D eigenvalue weighted by molar-refractivity contribution is 0.0941. The zero-order chi connectivity index (χ0) is 13.0. The Bertz CT molecular complexity index is 435. The Labute approximate surface area is 116 Å². The maximum atomic E-state index is 12.1. The van der Waals surface area contributed by atoms with Gasteiger partial charge in [-0.25, -0.2) is 4.98 Å². The van der Waals surface area contributed by atoms with E-state index in [4.69, 9.17) is 11.6 Å². The summed E-state index contributed by atoms with van der Waals surface area (Å²) < 4.78 is 0. The third-order valence-corrected chi connectivity index (χ3v) is 4.19. The van der Waals surface area contributed by atoms with Crippen molar-refractivity contribution in [3.8, 4) is 0 Å². The molecular weight excluding hydrogens is 270 g/mol. The van der Waals surface area contributed by atoms with E-state index in [0.717, 1.165) is 24.5 Å². The molecule has 1 aromatic rings. The molecule has 0 aliphatic carbocycles. The Morgan fingerprint density at radius 2 is 2.50 bits per heavy atom. The number of carbonyl (C=O) groups is 1. The number of amides is 1. The van der Waals surface area contributed by atoms with Gasteiger partial charge in [-0.3, -0.25) is 4.79 Å². The van der Waals surface area contributed by atoms with Crippen LogP contribution in [-0.2, 0) is 0 Å². The van der Waals surface area contributed by atoms with Gasteiger partial charge in [0.15, 0.2) is 0 Å². The van der Waals surface area contributed by atoms with Crippen LogP contribution >= 0.6 is 23.4 Å². The van der Waals surface area contributed by atoms with Gasteiger partial charge in [0.25, 0.3) is 5.91 Å². The number of anilines is 1. The van der Waals surface area contributed by atoms with Crippen molar-refractivity contribution >= 4 is 35.1 Å². The maximum Gasteiger partial charge on any atom is 0.253 e. The average molecular weight is 286 g/mol. The molecule has 2 N–H and O–H groups in total. The van der Waals surface area contributed by atoms with Crippen molar-refractivity contribution in [1.82, 2.24) is 10.3 Å². The van der Waals surface area contributed by atoms with Crippen molar-refractivity contribution in [2.24, 2.45) is 0 Å². The van der Waals surface area contributed by atoms with Crippen LogP contribution in [0.5, 0.6) is 0 Å². The summed E-state index contributed by atoms with van der Waals surface area (Å²) in [7, 11) is 0. The first-order valence-electron chi connectivity index (χ1n) is 5.98. The normalized spacial score (nSPS) is 18.7. The molecule has 0 spiro atoms. The van der Waals surface area contributed by atoms with Crippen LogP contribution in [0.3, 0.4) is 0 Å². The molecule has 0 bridgehead atoms. The fourth-order valence-corrected chi connectivity index (χ4v) is 3.14. The van der Waals surface area contributed by atoms with E-state index in [2.05, 4.69) is 15.6 Å². The highest BCUT2D eigenvalue weighted by molar-refractivity contribution is 7.99. The molecule has 1 aliphatic heterocycles. The Morgan fingerprint density at radius 3 is 3.17 bits per heavy atom. The van der Waals surface area contributed by atoms with Crippen LogP contribution < -0.4 is 10.6 Å². The molecule has 0 saturated carbocycles. The molecule has 6 heteroatoms. The van der Waals surface area contributed by atoms with Crippen LogP contribution in [0.1, 0.15) is 23.7 Å². The van der Waals surface area contributed by atoms with Crippen molar-refractivity contribution in [2.45, 2.75) is 19.4 Å². The molecule has 0 radical (unpaired) electrons. The highest BCUT2D eigenvalue weighted by Gasteiger charge is 2.20. The van der Waals surface area contributed by atoms with Crippen molar-refractivity contribution in [1.29, 1.82) is 0 Å². The van der Waals surface area contributed by atoms with Crippen molar-refractivity contribution in [2.75, 3.05) is 23.4 Å². The van der Waals surface area contributed by atoms with E-state index >= 15 is 0 Å². The minimum absolute atomic E-state index is 0.117. The number of rotatable bonds is 4. The van der Waals surface area contributed by atoms with Gasteiger partial charge in [-0.1, -0.05) is 11.6 Å². The lowest BCUT2D eigenvalue weighted by atomic mass is 10.2. The molecule has 1 aromatic heterocycles. The highest BCUT2D eigenvalue weighted by atomic mass is 35.5. The summed E-state index contributed by atoms with van der Waals surface area (Å²) in [6.07, 6.45) is 2.54. The monoisotopic (exact) mass is 285 g/mol. The van der Waals surface area contributed by atoms with E-state index in [1.807, 2.05) is 18.7 Å². The molecule has 0 aromatic carbocycles. The lowest BCUT2D eigenvalue weighted by Crippen LogP contribution is -2.34. The predicted octanol–water partition coefficient (Wildman–Crippen LogP) is 2.40. The van der Waals surface area contributed by atoms with E-state index in [1.165, 1.54) is 6.20 Å². The fourth-order valence-electron chi connectivity index (χ4n) is 1.80. The first-order chi connectivity index (χ1) is 8.70. The van der Waals surface area contributed by atoms with Crippen LogP contribution in [0.25, 0.3) is 0 Å². The predicted molar refractivity (Wildman–Crippen MR) is 76.6 cm³/mol. The summed E-state index contributed by atoms with van der Waals surface area (Å²) in [6.45, 7) is 2.74. The zero-order valence-electron chi connectivity index (χ0n) is 10.2. The molecule has 98 valence electrons. The van der Waals surface area contributed by atoms with E-state index in [-0.39, 0.29) is 11.9 Å². The second-order valence-electron chi connectivity index (χ2n) is 4.11. The van der Waals surface area contributed by atoms with Gasteiger partial charge in [-0.05, 0) is 25.2 Å². The van der Waals surface area contributed by atoms with Gasteiger partial charge in [-0.15, -0.1) is 0 Å². The van der Waals surface area contributed by atoms with Crippen molar-refractivity contribution < 1.29 is 4.79 Å². The number of hydrogen-bond acceptors (Lipinski definition) is 4. The Balaban J connectivity index is 2.09. The summed E-state index contributed by atoms with van der Waals surface area (Å²) in [5, 5.41) is 6.46. The quantitative estimate of drug-likeness (QED) is 0.892. The van der Waals surface area contributed by atoms with Crippen LogP contribution in [-0.4, -0.2) is 35.0 Å². The number of pyridine rings is 1. The summed E-state index contributed by atoms with van der Waals surface area (Å²) in [4.78, 5) is 16.2. The second kappa shape index (κ2) is 6.29. The number of nitrogens with zero attached hydrogens (tertiary/aromatic N) is 1. The van der Waals surface area contributed by atoms with Crippen molar-refractivity contribution in [3.05, 3.63) is 22.8 Å². The molecule has 2 rings (SSSR count). The van der Waals surface area contributed by atoms with Gasteiger partial charge in [0, 0.05) is 24.5 Å². The number of hydrogen-bond donors (Lipinski definition) is 2. The van der Waals surface area contributed by atoms with E-state index in [1.54, 1.807) is 6.07 Å². The van der Waals surface area contributed by atoms with Crippen LogP contribution in [0.2, 0.25) is 5.02 Å². The topological polar surface area (TPSA) is 54.0 Å². The zero-order valence-corrected chi connectivity index (χ0v) is 11.8. The molecular formula is C12H16ClN3OS. The molecule has 1 saturated heterocycles. The molecule has 1 fully saturated rings. The fraction of sp³-hybridized carbons (Fsp3) is 0.500. The highest BCUT2D eigenvalue weighted by Crippen LogP contribution is 2.21. The molecule has 1 aliphatic rings. The lowest BCUT2D eigenvalue weighted by Gasteiger charge is -2.13. The average Bonchev–Trinajstić information content (AvgIpc) is 2.84. The number of halogens is 1. The van der Waals surface area contributed by atoms with Crippen LogP contribution in [0.15, 0.2) is 12.3 Å². The van der Waals surface area contributed by atoms with Gasteiger partial charge in [-0.2, -0.15) is 11.8 Å². The maximum absolute atomic E-state index is 12.1. The number of thioether (sulfide) groups is 1. The van der Waals surface area contributed by atoms with E-state index in [9.17, 15) is 4.79 Å². The van der Waals surface area contributed by atoms with E-state index in [0.29, 0.717) is 16.4 Å². The Morgan fingerprint density at radius 1 is 1.67 bits per heavy atom. The number of carbonyl (C=O) groups excluding carboxylic acids is 1. The Kier molecular flexibility index (Phi) is 4.72. The van der Waals surface area contributed by atoms with Gasteiger partial charge >= 0.3 is 0 Å².